The summed E-state index contributed by atoms with van der Waals surface area (Å²) in [5, 5.41) is 2.62. The van der Waals surface area contributed by atoms with Gasteiger partial charge < -0.3 is 13.9 Å². The summed E-state index contributed by atoms with van der Waals surface area (Å²) in [6.45, 7) is 9.39. The van der Waals surface area contributed by atoms with Crippen LogP contribution in [0, 0.1) is 5.92 Å². The molecule has 1 atom stereocenters. The van der Waals surface area contributed by atoms with Crippen molar-refractivity contribution in [3.63, 3.8) is 0 Å². The normalized spacial score (nSPS) is 13.3. The summed E-state index contributed by atoms with van der Waals surface area (Å²) in [7, 11) is 0. The van der Waals surface area contributed by atoms with Crippen LogP contribution in [0.3, 0.4) is 0 Å². The van der Waals surface area contributed by atoms with Gasteiger partial charge in [0.25, 0.3) is 11.9 Å². The average molecular weight is 296 g/mol. The van der Waals surface area contributed by atoms with Crippen molar-refractivity contribution >= 4 is 11.9 Å². The summed E-state index contributed by atoms with van der Waals surface area (Å²) in [6.07, 6.45) is 1.44. The number of carbonyl (C=O) groups is 1. The number of ether oxygens (including phenoxy) is 2. The summed E-state index contributed by atoms with van der Waals surface area (Å²) >= 11 is 0. The van der Waals surface area contributed by atoms with E-state index in [0.29, 0.717) is 25.7 Å². The van der Waals surface area contributed by atoms with E-state index in [1.54, 1.807) is 12.1 Å². The molecule has 0 aliphatic rings. The molecule has 6 heteroatoms. The summed E-state index contributed by atoms with van der Waals surface area (Å²) in [5.74, 6) is 0.176. The van der Waals surface area contributed by atoms with Crippen molar-refractivity contribution in [2.75, 3.05) is 19.8 Å². The molecule has 0 unspecified atom stereocenters. The summed E-state index contributed by atoms with van der Waals surface area (Å²) < 4.78 is 15.7. The Morgan fingerprint density at radius 1 is 1.38 bits per heavy atom. The SMILES string of the molecule is CCOCCOC(=N[C@H](C)C(C)C)NC(=O)c1ccco1. The lowest BCUT2D eigenvalue weighted by molar-refractivity contribution is 0.0899. The number of hydrogen-bond donors (Lipinski definition) is 1. The fourth-order valence-electron chi connectivity index (χ4n) is 1.35. The molecule has 0 aliphatic carbocycles. The fraction of sp³-hybridized carbons (Fsp3) is 0.600. The Hall–Kier alpha value is -1.82. The first-order chi connectivity index (χ1) is 10.0. The molecule has 118 valence electrons. The largest absolute Gasteiger partial charge is 0.463 e. The van der Waals surface area contributed by atoms with Crippen molar-refractivity contribution in [2.24, 2.45) is 10.9 Å². The second kappa shape index (κ2) is 9.18. The van der Waals surface area contributed by atoms with Gasteiger partial charge in [-0.1, -0.05) is 13.8 Å². The van der Waals surface area contributed by atoms with Gasteiger partial charge in [-0.15, -0.1) is 0 Å². The Kier molecular flexibility index (Phi) is 7.53. The zero-order valence-corrected chi connectivity index (χ0v) is 13.1. The lowest BCUT2D eigenvalue weighted by Gasteiger charge is -2.15. The van der Waals surface area contributed by atoms with Crippen molar-refractivity contribution in [3.8, 4) is 0 Å². The van der Waals surface area contributed by atoms with E-state index in [4.69, 9.17) is 13.9 Å². The minimum Gasteiger partial charge on any atom is -0.463 e. The maximum absolute atomic E-state index is 12.0. The molecule has 1 aromatic heterocycles. The highest BCUT2D eigenvalue weighted by atomic mass is 16.5. The summed E-state index contributed by atoms with van der Waals surface area (Å²) in [5.41, 5.74) is 0. The predicted octanol–water partition coefficient (Wildman–Crippen LogP) is 2.46. The van der Waals surface area contributed by atoms with Gasteiger partial charge in [-0.3, -0.25) is 10.1 Å². The van der Waals surface area contributed by atoms with Gasteiger partial charge in [0.2, 0.25) is 0 Å². The zero-order valence-electron chi connectivity index (χ0n) is 13.1. The molecule has 1 aromatic rings. The van der Waals surface area contributed by atoms with E-state index in [1.807, 2.05) is 13.8 Å². The smallest absolute Gasteiger partial charge is 0.294 e. The molecule has 0 saturated carbocycles. The molecule has 0 spiro atoms. The molecule has 1 amide bonds. The minimum absolute atomic E-state index is 0.0315. The van der Waals surface area contributed by atoms with Crippen molar-refractivity contribution in [3.05, 3.63) is 24.2 Å². The van der Waals surface area contributed by atoms with Gasteiger partial charge in [-0.05, 0) is 31.9 Å². The Morgan fingerprint density at radius 2 is 2.14 bits per heavy atom. The maximum Gasteiger partial charge on any atom is 0.294 e. The first kappa shape index (κ1) is 17.2. The van der Waals surface area contributed by atoms with Gasteiger partial charge in [0.1, 0.15) is 6.61 Å². The number of carbonyl (C=O) groups excluding carboxylic acids is 1. The third-order valence-electron chi connectivity index (χ3n) is 2.92. The van der Waals surface area contributed by atoms with Crippen LogP contribution in [0.5, 0.6) is 0 Å². The molecule has 1 rings (SSSR count). The molecular weight excluding hydrogens is 272 g/mol. The van der Waals surface area contributed by atoms with Crippen molar-refractivity contribution < 1.29 is 18.7 Å². The van der Waals surface area contributed by atoms with Crippen LogP contribution >= 0.6 is 0 Å². The van der Waals surface area contributed by atoms with E-state index in [0.717, 1.165) is 0 Å². The lowest BCUT2D eigenvalue weighted by atomic mass is 10.1. The topological polar surface area (TPSA) is 73.1 Å². The average Bonchev–Trinajstić information content (AvgIpc) is 2.97. The highest BCUT2D eigenvalue weighted by Crippen LogP contribution is 2.06. The zero-order chi connectivity index (χ0) is 15.7. The van der Waals surface area contributed by atoms with Gasteiger partial charge in [0, 0.05) is 6.61 Å². The van der Waals surface area contributed by atoms with Crippen LogP contribution < -0.4 is 5.32 Å². The van der Waals surface area contributed by atoms with Crippen LogP contribution in [0.15, 0.2) is 27.8 Å². The minimum atomic E-state index is -0.383. The van der Waals surface area contributed by atoms with Crippen molar-refractivity contribution in [2.45, 2.75) is 33.7 Å². The Morgan fingerprint density at radius 3 is 2.71 bits per heavy atom. The van der Waals surface area contributed by atoms with Gasteiger partial charge >= 0.3 is 0 Å². The fourth-order valence-corrected chi connectivity index (χ4v) is 1.35. The number of nitrogens with one attached hydrogen (secondary N) is 1. The molecule has 0 bridgehead atoms. The number of amides is 1. The van der Waals surface area contributed by atoms with Gasteiger partial charge in [-0.25, -0.2) is 4.99 Å². The quantitative estimate of drug-likeness (QED) is 0.476. The molecule has 0 aliphatic heterocycles. The Bertz CT molecular complexity index is 441. The summed E-state index contributed by atoms with van der Waals surface area (Å²) in [4.78, 5) is 16.3. The van der Waals surface area contributed by atoms with Crippen LogP contribution in [-0.2, 0) is 9.47 Å². The molecule has 0 radical (unpaired) electrons. The van der Waals surface area contributed by atoms with E-state index in [2.05, 4.69) is 24.2 Å². The van der Waals surface area contributed by atoms with Crippen LogP contribution in [0.25, 0.3) is 0 Å². The molecule has 0 fully saturated rings. The van der Waals surface area contributed by atoms with Gasteiger partial charge in [0.05, 0.1) is 18.9 Å². The van der Waals surface area contributed by atoms with Crippen LogP contribution in [0.1, 0.15) is 38.2 Å². The highest BCUT2D eigenvalue weighted by molar-refractivity contribution is 6.02. The van der Waals surface area contributed by atoms with Gasteiger partial charge in [-0.2, -0.15) is 0 Å². The van der Waals surface area contributed by atoms with E-state index < -0.39 is 0 Å². The lowest BCUT2D eigenvalue weighted by Crippen LogP contribution is -2.34. The van der Waals surface area contributed by atoms with Crippen LogP contribution in [0.4, 0.5) is 0 Å². The molecule has 0 saturated heterocycles. The van der Waals surface area contributed by atoms with Crippen molar-refractivity contribution in [1.29, 1.82) is 0 Å². The van der Waals surface area contributed by atoms with Crippen LogP contribution in [0.2, 0.25) is 0 Å². The van der Waals surface area contributed by atoms with E-state index in [1.165, 1.54) is 6.26 Å². The molecule has 6 nitrogen and oxygen atoms in total. The third kappa shape index (κ3) is 6.44. The van der Waals surface area contributed by atoms with E-state index >= 15 is 0 Å². The van der Waals surface area contributed by atoms with Gasteiger partial charge in [0.15, 0.2) is 5.76 Å². The number of hydrogen-bond acceptors (Lipinski definition) is 5. The Balaban J connectivity index is 2.64. The molecule has 1 heterocycles. The number of nitrogens with zero attached hydrogens (tertiary/aromatic N) is 1. The number of aliphatic imine (C=N–C) groups is 1. The molecule has 1 N–H and O–H groups in total. The number of furan rings is 1. The van der Waals surface area contributed by atoms with Crippen molar-refractivity contribution in [1.82, 2.24) is 5.32 Å². The molecule has 0 aromatic carbocycles. The monoisotopic (exact) mass is 296 g/mol. The molecule has 21 heavy (non-hydrogen) atoms. The number of amidine groups is 1. The van der Waals surface area contributed by atoms with E-state index in [9.17, 15) is 4.79 Å². The number of rotatable bonds is 7. The summed E-state index contributed by atoms with van der Waals surface area (Å²) in [6, 6.07) is 3.46. The third-order valence-corrected chi connectivity index (χ3v) is 2.92. The van der Waals surface area contributed by atoms with E-state index in [-0.39, 0.29) is 23.7 Å². The second-order valence-electron chi connectivity index (χ2n) is 4.90. The maximum atomic E-state index is 12.0. The first-order valence-corrected chi connectivity index (χ1v) is 7.17. The second-order valence-corrected chi connectivity index (χ2v) is 4.90. The standard InChI is InChI=1S/C15H24N2O4/c1-5-19-9-10-21-15(16-12(4)11(2)3)17-14(18)13-7-6-8-20-13/h6-8,11-12H,5,9-10H2,1-4H3,(H,16,17,18)/t12-/m1/s1. The highest BCUT2D eigenvalue weighted by Gasteiger charge is 2.14. The Labute approximate surface area is 125 Å². The molecular formula is C15H24N2O4. The van der Waals surface area contributed by atoms with Crippen LogP contribution in [-0.4, -0.2) is 37.8 Å². The predicted molar refractivity (Wildman–Crippen MR) is 80.4 cm³/mol. The first-order valence-electron chi connectivity index (χ1n) is 7.17.